The Balaban J connectivity index is 1.80. The van der Waals surface area contributed by atoms with Gasteiger partial charge in [0.15, 0.2) is 23.1 Å². The molecule has 0 saturated carbocycles. The Morgan fingerprint density at radius 3 is 2.22 bits per heavy atom. The Morgan fingerprint density at radius 1 is 0.944 bits per heavy atom. The number of anilines is 5. The summed E-state index contributed by atoms with van der Waals surface area (Å²) in [5.74, 6) is 0.511. The van der Waals surface area contributed by atoms with Gasteiger partial charge in [-0.25, -0.2) is 17.8 Å². The Kier molecular flexibility index (Phi) is 8.72. The van der Waals surface area contributed by atoms with E-state index in [-0.39, 0.29) is 17.5 Å². The van der Waals surface area contributed by atoms with E-state index in [1.165, 1.54) is 21.3 Å². The van der Waals surface area contributed by atoms with Gasteiger partial charge in [0, 0.05) is 30.1 Å². The summed E-state index contributed by atoms with van der Waals surface area (Å²) in [6, 6.07) is 9.76. The van der Waals surface area contributed by atoms with Gasteiger partial charge >= 0.3 is 0 Å². The average molecular weight is 521 g/mol. The molecule has 36 heavy (non-hydrogen) atoms. The number of sulfonamides is 1. The third-order valence-electron chi connectivity index (χ3n) is 4.87. The lowest BCUT2D eigenvalue weighted by Crippen LogP contribution is -2.26. The Bertz CT molecular complexity index is 1280. The molecule has 13 heteroatoms. The highest BCUT2D eigenvalue weighted by atomic mass is 32.2. The van der Waals surface area contributed by atoms with Crippen LogP contribution in [0.15, 0.2) is 42.6 Å². The number of halogens is 1. The van der Waals surface area contributed by atoms with Crippen LogP contribution in [0, 0.1) is 5.82 Å². The molecule has 194 valence electrons. The number of aromatic nitrogens is 2. The molecule has 3 aromatic rings. The fraction of sp³-hybridized carbons (Fsp3) is 0.304. The molecular weight excluding hydrogens is 491 g/mol. The summed E-state index contributed by atoms with van der Waals surface area (Å²) in [6.45, 7) is 0.376. The fourth-order valence-electron chi connectivity index (χ4n) is 3.13. The predicted molar refractivity (Wildman–Crippen MR) is 137 cm³/mol. The summed E-state index contributed by atoms with van der Waals surface area (Å²) in [7, 11) is 4.53. The first-order valence-corrected chi connectivity index (χ1v) is 12.4. The molecule has 0 saturated heterocycles. The number of benzene rings is 2. The zero-order chi connectivity index (χ0) is 26.3. The maximum Gasteiger partial charge on any atom is 0.233 e. The molecule has 11 nitrogen and oxygen atoms in total. The van der Waals surface area contributed by atoms with Crippen LogP contribution in [0.3, 0.4) is 0 Å². The van der Waals surface area contributed by atoms with Crippen LogP contribution >= 0.6 is 0 Å². The maximum atomic E-state index is 14.5. The molecule has 2 aromatic carbocycles. The smallest absolute Gasteiger partial charge is 0.233 e. The number of hydrogen-bond donors (Lipinski definition) is 3. The van der Waals surface area contributed by atoms with E-state index in [1.54, 1.807) is 55.4 Å². The zero-order valence-corrected chi connectivity index (χ0v) is 21.4. The first-order valence-electron chi connectivity index (χ1n) is 10.8. The van der Waals surface area contributed by atoms with Crippen LogP contribution in [-0.4, -0.2) is 71.0 Å². The second kappa shape index (κ2) is 11.7. The first kappa shape index (κ1) is 26.8. The fourth-order valence-corrected chi connectivity index (χ4v) is 4.32. The number of ether oxygens (including phenoxy) is 3. The van der Waals surface area contributed by atoms with E-state index in [4.69, 9.17) is 14.2 Å². The Labute approximate surface area is 209 Å². The maximum absolute atomic E-state index is 14.5. The number of hydrogen-bond acceptors (Lipinski definition) is 10. The van der Waals surface area contributed by atoms with E-state index in [9.17, 15) is 12.8 Å². The molecule has 0 radical (unpaired) electrons. The topological polar surface area (TPSA) is 127 Å². The van der Waals surface area contributed by atoms with Gasteiger partial charge in [-0.1, -0.05) is 6.07 Å². The minimum atomic E-state index is -3.54. The summed E-state index contributed by atoms with van der Waals surface area (Å²) in [6.07, 6.45) is 1.02. The van der Waals surface area contributed by atoms with Crippen molar-refractivity contribution in [2.75, 3.05) is 63.1 Å². The largest absolute Gasteiger partial charge is 0.493 e. The third kappa shape index (κ3) is 7.09. The molecule has 0 aliphatic heterocycles. The number of methoxy groups -OCH3 is 3. The van der Waals surface area contributed by atoms with Crippen LogP contribution in [-0.2, 0) is 10.0 Å². The highest BCUT2D eigenvalue weighted by molar-refractivity contribution is 7.92. The van der Waals surface area contributed by atoms with Gasteiger partial charge in [0.1, 0.15) is 0 Å². The molecule has 0 atom stereocenters. The van der Waals surface area contributed by atoms with E-state index >= 15 is 0 Å². The van der Waals surface area contributed by atoms with E-state index in [0.717, 1.165) is 6.20 Å². The van der Waals surface area contributed by atoms with E-state index in [1.807, 2.05) is 0 Å². The van der Waals surface area contributed by atoms with Gasteiger partial charge in [0.05, 0.1) is 39.0 Å². The van der Waals surface area contributed by atoms with Crippen molar-refractivity contribution in [3.05, 3.63) is 48.4 Å². The second-order valence-electron chi connectivity index (χ2n) is 7.86. The van der Waals surface area contributed by atoms with Crippen LogP contribution < -0.4 is 29.6 Å². The standard InChI is InChI=1S/C23H29FN6O5S/c1-30(2)9-10-36(31,32)29-16-8-6-7-15(11-16)26-22-18(24)14-25-23(28-22)27-17-12-19(33-3)21(35-5)20(13-17)34-4/h6-8,11-14,29H,9-10H2,1-5H3,(H2,25,26,27,28). The van der Waals surface area contributed by atoms with Crippen molar-refractivity contribution in [3.8, 4) is 17.2 Å². The van der Waals surface area contributed by atoms with Crippen molar-refractivity contribution in [1.82, 2.24) is 14.9 Å². The molecule has 3 N–H and O–H groups in total. The number of nitrogens with zero attached hydrogens (tertiary/aromatic N) is 3. The normalized spacial score (nSPS) is 11.2. The highest BCUT2D eigenvalue weighted by Gasteiger charge is 2.15. The van der Waals surface area contributed by atoms with Gasteiger partial charge in [0.2, 0.25) is 21.7 Å². The number of rotatable bonds is 12. The van der Waals surface area contributed by atoms with E-state index in [0.29, 0.717) is 40.9 Å². The first-order chi connectivity index (χ1) is 17.1. The molecule has 3 rings (SSSR count). The van der Waals surface area contributed by atoms with E-state index < -0.39 is 15.8 Å². The number of nitrogens with one attached hydrogen (secondary N) is 3. The van der Waals surface area contributed by atoms with Gasteiger partial charge in [-0.3, -0.25) is 4.72 Å². The Morgan fingerprint density at radius 2 is 1.61 bits per heavy atom. The minimum absolute atomic E-state index is 0.0614. The predicted octanol–water partition coefficient (Wildman–Crippen LogP) is 3.43. The molecule has 0 unspecified atom stereocenters. The highest BCUT2D eigenvalue weighted by Crippen LogP contribution is 2.40. The van der Waals surface area contributed by atoms with Gasteiger partial charge in [-0.15, -0.1) is 0 Å². The van der Waals surface area contributed by atoms with Crippen molar-refractivity contribution < 1.29 is 27.0 Å². The monoisotopic (exact) mass is 520 g/mol. The Hall–Kier alpha value is -3.84. The molecule has 1 aromatic heterocycles. The second-order valence-corrected chi connectivity index (χ2v) is 9.70. The molecule has 0 amide bonds. The van der Waals surface area contributed by atoms with Crippen LogP contribution in [0.4, 0.5) is 33.2 Å². The summed E-state index contributed by atoms with van der Waals surface area (Å²) >= 11 is 0. The van der Waals surface area contributed by atoms with Crippen LogP contribution in [0.5, 0.6) is 17.2 Å². The summed E-state index contributed by atoms with van der Waals surface area (Å²) in [4.78, 5) is 9.97. The lowest BCUT2D eigenvalue weighted by molar-refractivity contribution is 0.324. The van der Waals surface area contributed by atoms with Gasteiger partial charge < -0.3 is 29.7 Å². The van der Waals surface area contributed by atoms with E-state index in [2.05, 4.69) is 25.3 Å². The van der Waals surface area contributed by atoms with Crippen molar-refractivity contribution in [1.29, 1.82) is 0 Å². The van der Waals surface area contributed by atoms with Crippen molar-refractivity contribution in [3.63, 3.8) is 0 Å². The molecular formula is C23H29FN6O5S. The van der Waals surface area contributed by atoms with Crippen LogP contribution in [0.1, 0.15) is 0 Å². The molecule has 0 fully saturated rings. The lowest BCUT2D eigenvalue weighted by Gasteiger charge is -2.15. The average Bonchev–Trinajstić information content (AvgIpc) is 2.84. The van der Waals surface area contributed by atoms with Crippen molar-refractivity contribution in [2.45, 2.75) is 0 Å². The van der Waals surface area contributed by atoms with Crippen LogP contribution in [0.2, 0.25) is 0 Å². The van der Waals surface area contributed by atoms with Gasteiger partial charge in [-0.05, 0) is 32.3 Å². The molecule has 0 bridgehead atoms. The molecule has 1 heterocycles. The summed E-state index contributed by atoms with van der Waals surface area (Å²) < 4.78 is 57.6. The zero-order valence-electron chi connectivity index (χ0n) is 20.6. The minimum Gasteiger partial charge on any atom is -0.493 e. The van der Waals surface area contributed by atoms with Gasteiger partial charge in [-0.2, -0.15) is 4.98 Å². The molecule has 0 aliphatic rings. The van der Waals surface area contributed by atoms with Crippen molar-refractivity contribution in [2.24, 2.45) is 0 Å². The molecule has 0 aliphatic carbocycles. The summed E-state index contributed by atoms with van der Waals surface area (Å²) in [5.41, 5.74) is 1.29. The lowest BCUT2D eigenvalue weighted by atomic mass is 10.2. The van der Waals surface area contributed by atoms with Gasteiger partial charge in [0.25, 0.3) is 0 Å². The third-order valence-corrected chi connectivity index (χ3v) is 6.14. The molecule has 0 spiro atoms. The SMILES string of the molecule is COc1cc(Nc2ncc(F)c(Nc3cccc(NS(=O)(=O)CCN(C)C)c3)n2)cc(OC)c1OC. The van der Waals surface area contributed by atoms with Crippen LogP contribution in [0.25, 0.3) is 0 Å². The quantitative estimate of drug-likeness (QED) is 0.327. The van der Waals surface area contributed by atoms with Crippen molar-refractivity contribution >= 4 is 38.9 Å². The summed E-state index contributed by atoms with van der Waals surface area (Å²) in [5, 5.41) is 5.84.